The second-order valence-electron chi connectivity index (χ2n) is 9.02. The van der Waals surface area contributed by atoms with Crippen molar-refractivity contribution in [1.29, 1.82) is 10.5 Å². The number of benzene rings is 1. The summed E-state index contributed by atoms with van der Waals surface area (Å²) in [5.41, 5.74) is 2.31. The van der Waals surface area contributed by atoms with E-state index in [0.717, 1.165) is 36.7 Å². The number of furan rings is 2. The van der Waals surface area contributed by atoms with Crippen LogP contribution in [0.15, 0.2) is 27.2 Å². The van der Waals surface area contributed by atoms with Gasteiger partial charge in [0.05, 0.1) is 5.56 Å². The number of hydrogen-bond acceptors (Lipinski definition) is 5. The van der Waals surface area contributed by atoms with Crippen molar-refractivity contribution < 1.29 is 8.83 Å². The van der Waals surface area contributed by atoms with E-state index < -0.39 is 0 Å². The van der Waals surface area contributed by atoms with Gasteiger partial charge in [-0.3, -0.25) is 0 Å². The third-order valence-corrected chi connectivity index (χ3v) is 6.45. The molecule has 2 aromatic heterocycles. The summed E-state index contributed by atoms with van der Waals surface area (Å²) in [7, 11) is 0. The number of hydrogen-bond donors (Lipinski definition) is 0. The molecule has 0 saturated heterocycles. The molecule has 0 atom stereocenters. The van der Waals surface area contributed by atoms with Crippen molar-refractivity contribution in [3.63, 3.8) is 0 Å². The molecule has 0 bridgehead atoms. The molecule has 0 radical (unpaired) electrons. The lowest BCUT2D eigenvalue weighted by Gasteiger charge is -2.22. The third-order valence-electron chi connectivity index (χ3n) is 6.45. The Morgan fingerprint density at radius 2 is 1.30 bits per heavy atom. The molecule has 0 spiro atoms. The molecule has 33 heavy (non-hydrogen) atoms. The molecule has 5 heteroatoms. The Labute approximate surface area is 197 Å². The quantitative estimate of drug-likeness (QED) is 0.218. The van der Waals surface area contributed by atoms with Crippen molar-refractivity contribution in [2.24, 2.45) is 0 Å². The largest absolute Gasteiger partial charge is 0.463 e. The maximum absolute atomic E-state index is 10.00. The van der Waals surface area contributed by atoms with Crippen molar-refractivity contribution in [1.82, 2.24) is 0 Å². The van der Waals surface area contributed by atoms with E-state index in [0.29, 0.717) is 28.2 Å². The number of fused-ring (bicyclic) bond motifs is 2. The number of rotatable bonds is 15. The molecule has 0 aliphatic heterocycles. The van der Waals surface area contributed by atoms with Gasteiger partial charge in [-0.05, 0) is 25.0 Å². The minimum absolute atomic E-state index is 0.486. The van der Waals surface area contributed by atoms with Gasteiger partial charge in [-0.1, -0.05) is 78.1 Å². The van der Waals surface area contributed by atoms with E-state index in [1.165, 1.54) is 70.5 Å². The summed E-state index contributed by atoms with van der Waals surface area (Å²) >= 11 is 0. The zero-order chi connectivity index (χ0) is 23.5. The van der Waals surface area contributed by atoms with E-state index >= 15 is 0 Å². The zero-order valence-electron chi connectivity index (χ0n) is 20.3. The van der Waals surface area contributed by atoms with Crippen LogP contribution in [0.25, 0.3) is 21.9 Å². The lowest BCUT2D eigenvalue weighted by molar-refractivity contribution is 0.534. The monoisotopic (exact) mass is 447 g/mol. The van der Waals surface area contributed by atoms with Gasteiger partial charge in [0.15, 0.2) is 0 Å². The van der Waals surface area contributed by atoms with E-state index in [1.54, 1.807) is 0 Å². The Morgan fingerprint density at radius 3 is 1.88 bits per heavy atom. The van der Waals surface area contributed by atoms with Crippen molar-refractivity contribution in [2.75, 3.05) is 18.0 Å². The Balaban J connectivity index is 1.79. The first-order chi connectivity index (χ1) is 16.2. The number of anilines is 1. The molecule has 0 amide bonds. The van der Waals surface area contributed by atoms with E-state index in [2.05, 4.69) is 30.9 Å². The topological polar surface area (TPSA) is 77.1 Å². The van der Waals surface area contributed by atoms with Crippen molar-refractivity contribution in [2.45, 2.75) is 90.9 Å². The number of nitriles is 2. The summed E-state index contributed by atoms with van der Waals surface area (Å²) in [6.45, 7) is 6.28. The van der Waals surface area contributed by atoms with Gasteiger partial charge in [0.2, 0.25) is 5.88 Å². The van der Waals surface area contributed by atoms with E-state index in [-0.39, 0.29) is 0 Å². The maximum atomic E-state index is 10.00. The summed E-state index contributed by atoms with van der Waals surface area (Å²) < 4.78 is 11.8. The lowest BCUT2D eigenvalue weighted by Crippen LogP contribution is -2.26. The van der Waals surface area contributed by atoms with Gasteiger partial charge in [0, 0.05) is 23.9 Å². The minimum Gasteiger partial charge on any atom is -0.463 e. The van der Waals surface area contributed by atoms with E-state index in [9.17, 15) is 10.5 Å². The molecule has 3 aromatic rings. The molecule has 5 nitrogen and oxygen atoms in total. The first-order valence-corrected chi connectivity index (χ1v) is 12.8. The van der Waals surface area contributed by atoms with Gasteiger partial charge >= 0.3 is 0 Å². The molecule has 2 heterocycles. The second kappa shape index (κ2) is 12.9. The van der Waals surface area contributed by atoms with E-state index in [4.69, 9.17) is 8.83 Å². The molecule has 0 unspecified atom stereocenters. The fraction of sp³-hybridized carbons (Fsp3) is 0.571. The highest BCUT2D eigenvalue weighted by Crippen LogP contribution is 2.36. The van der Waals surface area contributed by atoms with Crippen LogP contribution in [0, 0.1) is 22.7 Å². The van der Waals surface area contributed by atoms with Crippen LogP contribution in [0.2, 0.25) is 0 Å². The molecule has 0 aliphatic rings. The van der Waals surface area contributed by atoms with Crippen LogP contribution >= 0.6 is 0 Å². The van der Waals surface area contributed by atoms with Crippen LogP contribution < -0.4 is 4.90 Å². The molecule has 0 aliphatic carbocycles. The smallest absolute Gasteiger partial charge is 0.214 e. The Bertz CT molecular complexity index is 1080. The zero-order valence-corrected chi connectivity index (χ0v) is 20.3. The number of nitrogens with zero attached hydrogens (tertiary/aromatic N) is 3. The molecular weight excluding hydrogens is 410 g/mol. The molecule has 0 fully saturated rings. The van der Waals surface area contributed by atoms with Gasteiger partial charge in [-0.25, -0.2) is 0 Å². The Hall–Kier alpha value is -2.92. The van der Waals surface area contributed by atoms with Gasteiger partial charge in [-0.2, -0.15) is 10.5 Å². The van der Waals surface area contributed by atoms with Crippen LogP contribution in [-0.2, 0) is 0 Å². The minimum atomic E-state index is 0.486. The highest BCUT2D eigenvalue weighted by atomic mass is 16.4. The van der Waals surface area contributed by atoms with Crippen LogP contribution in [0.1, 0.15) is 102 Å². The SMILES string of the molecule is CCCCCCCCN(CCCCCCCC)c1oc2cc3c(C#N)coc3cc2c1C#N. The average molecular weight is 448 g/mol. The average Bonchev–Trinajstić information content (AvgIpc) is 3.40. The molecule has 176 valence electrons. The second-order valence-corrected chi connectivity index (χ2v) is 9.02. The highest BCUT2D eigenvalue weighted by molar-refractivity contribution is 6.00. The molecule has 0 N–H and O–H groups in total. The Morgan fingerprint density at radius 1 is 0.727 bits per heavy atom. The summed E-state index contributed by atoms with van der Waals surface area (Å²) in [5, 5.41) is 20.8. The summed E-state index contributed by atoms with van der Waals surface area (Å²) in [4.78, 5) is 2.27. The first kappa shape index (κ1) is 24.7. The first-order valence-electron chi connectivity index (χ1n) is 12.8. The van der Waals surface area contributed by atoms with Gasteiger partial charge in [0.1, 0.15) is 35.1 Å². The molecule has 0 saturated carbocycles. The van der Waals surface area contributed by atoms with Gasteiger partial charge < -0.3 is 13.7 Å². The third kappa shape index (κ3) is 6.32. The Kier molecular flexibility index (Phi) is 9.70. The van der Waals surface area contributed by atoms with Crippen LogP contribution in [0.4, 0.5) is 5.88 Å². The van der Waals surface area contributed by atoms with Gasteiger partial charge in [0.25, 0.3) is 0 Å². The predicted molar refractivity (Wildman–Crippen MR) is 134 cm³/mol. The van der Waals surface area contributed by atoms with Crippen molar-refractivity contribution in [3.05, 3.63) is 29.5 Å². The summed E-state index contributed by atoms with van der Waals surface area (Å²) in [5.74, 6) is 0.667. The van der Waals surface area contributed by atoms with Crippen molar-refractivity contribution >= 4 is 27.8 Å². The normalized spacial score (nSPS) is 11.2. The summed E-state index contributed by atoms with van der Waals surface area (Å²) in [6, 6.07) is 8.21. The lowest BCUT2D eigenvalue weighted by atomic mass is 10.1. The predicted octanol–water partition coefficient (Wildman–Crippen LogP) is 8.45. The van der Waals surface area contributed by atoms with Crippen LogP contribution in [0.5, 0.6) is 0 Å². The fourth-order valence-corrected chi connectivity index (χ4v) is 4.50. The molecule has 3 rings (SSSR count). The highest BCUT2D eigenvalue weighted by Gasteiger charge is 2.21. The maximum Gasteiger partial charge on any atom is 0.214 e. The van der Waals surface area contributed by atoms with E-state index in [1.807, 2.05) is 12.1 Å². The molecular formula is C28H37N3O2. The molecule has 1 aromatic carbocycles. The summed E-state index contributed by atoms with van der Waals surface area (Å²) in [6.07, 6.45) is 16.3. The van der Waals surface area contributed by atoms with Gasteiger partial charge in [-0.15, -0.1) is 0 Å². The standard InChI is InChI=1S/C28H37N3O2/c1-3-5-7-9-11-13-15-31(16-14-12-10-8-6-4-2)28-25(20-30)24-18-26-23(17-27(24)33-28)22(19-29)21-32-26/h17-18,21H,3-16H2,1-2H3. The fourth-order valence-electron chi connectivity index (χ4n) is 4.50. The number of unbranched alkanes of at least 4 members (excludes halogenated alkanes) is 10. The van der Waals surface area contributed by atoms with Crippen LogP contribution in [-0.4, -0.2) is 13.1 Å². The van der Waals surface area contributed by atoms with Crippen LogP contribution in [0.3, 0.4) is 0 Å². The van der Waals surface area contributed by atoms with Crippen molar-refractivity contribution in [3.8, 4) is 12.1 Å².